The molecule has 4 rings (SSSR count). The second-order valence-corrected chi connectivity index (χ2v) is 8.79. The minimum absolute atomic E-state index is 0.599. The van der Waals surface area contributed by atoms with Crippen molar-refractivity contribution in [2.75, 3.05) is 6.54 Å². The van der Waals surface area contributed by atoms with Crippen LogP contribution < -0.4 is 0 Å². The van der Waals surface area contributed by atoms with E-state index in [9.17, 15) is 0 Å². The summed E-state index contributed by atoms with van der Waals surface area (Å²) in [6, 6.07) is 2.35. The highest BCUT2D eigenvalue weighted by Crippen LogP contribution is 2.31. The molecular weight excluding hydrogens is 314 g/mol. The fourth-order valence-electron chi connectivity index (χ4n) is 4.01. The zero-order valence-corrected chi connectivity index (χ0v) is 15.7. The number of aromatic nitrogens is 2. The Morgan fingerprint density at radius 1 is 1.21 bits per heavy atom. The molecule has 24 heavy (non-hydrogen) atoms. The molecule has 4 heteroatoms. The van der Waals surface area contributed by atoms with Gasteiger partial charge in [-0.05, 0) is 50.3 Å². The van der Waals surface area contributed by atoms with Crippen LogP contribution in [0.25, 0.3) is 0 Å². The molecule has 0 amide bonds. The van der Waals surface area contributed by atoms with Crippen molar-refractivity contribution in [3.8, 4) is 0 Å². The van der Waals surface area contributed by atoms with E-state index in [-0.39, 0.29) is 0 Å². The lowest BCUT2D eigenvalue weighted by atomic mass is 9.88. The van der Waals surface area contributed by atoms with Crippen LogP contribution in [0.1, 0.15) is 70.4 Å². The Bertz CT molecular complexity index is 696. The zero-order valence-electron chi connectivity index (χ0n) is 14.8. The van der Waals surface area contributed by atoms with E-state index in [1.54, 1.807) is 0 Å². The minimum Gasteiger partial charge on any atom is -0.292 e. The summed E-state index contributed by atoms with van der Waals surface area (Å²) in [5, 5.41) is 0. The van der Waals surface area contributed by atoms with Crippen LogP contribution in [-0.4, -0.2) is 21.4 Å². The zero-order chi connectivity index (χ0) is 16.5. The van der Waals surface area contributed by atoms with Gasteiger partial charge in [0.15, 0.2) is 0 Å². The maximum absolute atomic E-state index is 5.00. The molecule has 128 valence electrons. The first-order chi connectivity index (χ1) is 11.7. The largest absolute Gasteiger partial charge is 0.292 e. The van der Waals surface area contributed by atoms with Crippen LogP contribution in [0.2, 0.25) is 0 Å². The summed E-state index contributed by atoms with van der Waals surface area (Å²) in [7, 11) is 0. The molecule has 0 radical (unpaired) electrons. The van der Waals surface area contributed by atoms with E-state index in [0.717, 1.165) is 31.9 Å². The number of hydrogen-bond acceptors (Lipinski definition) is 4. The second-order valence-electron chi connectivity index (χ2n) is 7.45. The highest BCUT2D eigenvalue weighted by Gasteiger charge is 2.23. The fourth-order valence-corrected chi connectivity index (χ4v) is 5.11. The molecule has 0 N–H and O–H groups in total. The van der Waals surface area contributed by atoms with E-state index in [1.165, 1.54) is 58.7 Å². The molecule has 3 nitrogen and oxygen atoms in total. The van der Waals surface area contributed by atoms with Gasteiger partial charge in [-0.15, -0.1) is 11.3 Å². The first-order valence-electron chi connectivity index (χ1n) is 9.32. The summed E-state index contributed by atoms with van der Waals surface area (Å²) < 4.78 is 0. The van der Waals surface area contributed by atoms with Gasteiger partial charge in [0.05, 0.1) is 5.69 Å². The van der Waals surface area contributed by atoms with Crippen LogP contribution in [0, 0.1) is 13.8 Å². The Kier molecular flexibility index (Phi) is 4.68. The molecule has 0 saturated heterocycles. The van der Waals surface area contributed by atoms with Crippen molar-refractivity contribution in [3.63, 3.8) is 0 Å². The monoisotopic (exact) mass is 341 g/mol. The van der Waals surface area contributed by atoms with Crippen molar-refractivity contribution in [1.29, 1.82) is 0 Å². The lowest BCUT2D eigenvalue weighted by molar-refractivity contribution is 0.242. The predicted molar refractivity (Wildman–Crippen MR) is 99.5 cm³/mol. The van der Waals surface area contributed by atoms with E-state index >= 15 is 0 Å². The Labute approximate surface area is 149 Å². The quantitative estimate of drug-likeness (QED) is 0.806. The van der Waals surface area contributed by atoms with E-state index < -0.39 is 0 Å². The summed E-state index contributed by atoms with van der Waals surface area (Å²) in [5.41, 5.74) is 4.07. The number of thiophene rings is 1. The molecule has 0 aromatic carbocycles. The van der Waals surface area contributed by atoms with Crippen LogP contribution in [0.3, 0.4) is 0 Å². The van der Waals surface area contributed by atoms with E-state index in [2.05, 4.69) is 31.0 Å². The van der Waals surface area contributed by atoms with Crippen LogP contribution >= 0.6 is 11.3 Å². The molecular formula is C20H27N3S. The third kappa shape index (κ3) is 3.40. The van der Waals surface area contributed by atoms with Crippen LogP contribution in [0.4, 0.5) is 0 Å². The molecule has 3 heterocycles. The van der Waals surface area contributed by atoms with Crippen LogP contribution in [0.15, 0.2) is 12.3 Å². The highest BCUT2D eigenvalue weighted by atomic mass is 32.1. The molecule has 2 aromatic rings. The Balaban J connectivity index is 1.48. The Hall–Kier alpha value is -1.26. The van der Waals surface area contributed by atoms with Crippen molar-refractivity contribution in [2.45, 2.75) is 71.4 Å². The first kappa shape index (κ1) is 16.2. The van der Waals surface area contributed by atoms with E-state index in [1.807, 2.05) is 11.3 Å². The van der Waals surface area contributed by atoms with Crippen molar-refractivity contribution in [3.05, 3.63) is 44.7 Å². The van der Waals surface area contributed by atoms with Gasteiger partial charge in [-0.25, -0.2) is 9.97 Å². The molecule has 1 aliphatic heterocycles. The number of hydrogen-bond donors (Lipinski definition) is 0. The summed E-state index contributed by atoms with van der Waals surface area (Å²) >= 11 is 1.94. The second kappa shape index (κ2) is 6.93. The number of nitrogens with zero attached hydrogens (tertiary/aromatic N) is 3. The topological polar surface area (TPSA) is 29.0 Å². The molecule has 2 aromatic heterocycles. The van der Waals surface area contributed by atoms with Crippen molar-refractivity contribution >= 4 is 11.3 Å². The lowest BCUT2D eigenvalue weighted by Crippen LogP contribution is -2.31. The predicted octanol–water partition coefficient (Wildman–Crippen LogP) is 4.76. The summed E-state index contributed by atoms with van der Waals surface area (Å²) in [4.78, 5) is 15.2. The molecule has 0 unspecified atom stereocenters. The maximum atomic E-state index is 5.00. The van der Waals surface area contributed by atoms with Gasteiger partial charge in [-0.2, -0.15) is 0 Å². The normalized spacial score (nSPS) is 19.4. The summed E-state index contributed by atoms with van der Waals surface area (Å²) in [6.45, 7) is 7.59. The Morgan fingerprint density at radius 3 is 2.79 bits per heavy atom. The van der Waals surface area contributed by atoms with E-state index in [0.29, 0.717) is 5.92 Å². The van der Waals surface area contributed by atoms with Crippen LogP contribution in [0.5, 0.6) is 0 Å². The minimum atomic E-state index is 0.599. The molecule has 0 bridgehead atoms. The molecule has 1 saturated carbocycles. The number of rotatable bonds is 3. The van der Waals surface area contributed by atoms with Gasteiger partial charge in [0.25, 0.3) is 0 Å². The number of fused-ring (bicyclic) bond motifs is 1. The van der Waals surface area contributed by atoms with Gasteiger partial charge in [0.2, 0.25) is 0 Å². The molecule has 0 spiro atoms. The molecule has 2 aliphatic rings. The maximum Gasteiger partial charge on any atom is 0.131 e. The third-order valence-corrected chi connectivity index (χ3v) is 6.75. The van der Waals surface area contributed by atoms with Gasteiger partial charge >= 0.3 is 0 Å². The summed E-state index contributed by atoms with van der Waals surface area (Å²) in [6.07, 6.45) is 9.82. The molecule has 0 atom stereocenters. The molecule has 1 fully saturated rings. The van der Waals surface area contributed by atoms with E-state index in [4.69, 9.17) is 9.97 Å². The highest BCUT2D eigenvalue weighted by molar-refractivity contribution is 7.12. The van der Waals surface area contributed by atoms with Crippen LogP contribution in [-0.2, 0) is 19.5 Å². The van der Waals surface area contributed by atoms with Gasteiger partial charge < -0.3 is 0 Å². The van der Waals surface area contributed by atoms with Crippen molar-refractivity contribution < 1.29 is 0 Å². The van der Waals surface area contributed by atoms with Gasteiger partial charge in [0, 0.05) is 41.5 Å². The summed E-state index contributed by atoms with van der Waals surface area (Å²) in [5.74, 6) is 1.71. The first-order valence-corrected chi connectivity index (χ1v) is 10.1. The Morgan fingerprint density at radius 2 is 2.04 bits per heavy atom. The van der Waals surface area contributed by atoms with Gasteiger partial charge in [-0.3, -0.25) is 4.90 Å². The molecule has 1 aliphatic carbocycles. The van der Waals surface area contributed by atoms with Gasteiger partial charge in [-0.1, -0.05) is 19.3 Å². The van der Waals surface area contributed by atoms with Gasteiger partial charge in [0.1, 0.15) is 5.82 Å². The smallest absolute Gasteiger partial charge is 0.131 e. The fraction of sp³-hybridized carbons (Fsp3) is 0.600. The third-order valence-electron chi connectivity index (χ3n) is 5.61. The SMILES string of the molecule is Cc1cc(CN2CCc3cnc(C4CCCCC4)nc3C2)sc1C. The van der Waals surface area contributed by atoms with Crippen molar-refractivity contribution in [1.82, 2.24) is 14.9 Å². The lowest BCUT2D eigenvalue weighted by Gasteiger charge is -2.28. The van der Waals surface area contributed by atoms with Crippen molar-refractivity contribution in [2.24, 2.45) is 0 Å². The average Bonchev–Trinajstić information content (AvgIpc) is 2.92. The average molecular weight is 342 g/mol. The number of aryl methyl sites for hydroxylation is 2. The standard InChI is InChI=1S/C20H27N3S/c1-14-10-18(24-15(14)2)12-23-9-8-17-11-21-20(22-19(17)13-23)16-6-4-3-5-7-16/h10-11,16H,3-9,12-13H2,1-2H3.